The van der Waals surface area contributed by atoms with Crippen molar-refractivity contribution in [3.63, 3.8) is 0 Å². The van der Waals surface area contributed by atoms with E-state index in [1.54, 1.807) is 0 Å². The molecule has 2 aliphatic rings. The van der Waals surface area contributed by atoms with Gasteiger partial charge in [-0.2, -0.15) is 0 Å². The summed E-state index contributed by atoms with van der Waals surface area (Å²) < 4.78 is 0. The van der Waals surface area contributed by atoms with Crippen LogP contribution in [-0.4, -0.2) is 40.5 Å². The maximum Gasteiger partial charge on any atom is 0.240 e. The number of amides is 1. The lowest BCUT2D eigenvalue weighted by Gasteiger charge is -2.34. The summed E-state index contributed by atoms with van der Waals surface area (Å²) in [5.74, 6) is 0.0672. The minimum absolute atomic E-state index is 0.0672. The maximum absolute atomic E-state index is 12.4. The summed E-state index contributed by atoms with van der Waals surface area (Å²) in [7, 11) is 0. The van der Waals surface area contributed by atoms with Gasteiger partial charge in [0.05, 0.1) is 5.54 Å². The van der Waals surface area contributed by atoms with Crippen LogP contribution in [0.4, 0.5) is 0 Å². The van der Waals surface area contributed by atoms with Gasteiger partial charge in [-0.15, -0.1) is 0 Å². The molecule has 1 aliphatic carbocycles. The smallest absolute Gasteiger partial charge is 0.240 e. The first-order chi connectivity index (χ1) is 10.7. The number of nitrogens with two attached hydrogens (primary N) is 1. The fraction of sp³-hybridized carbons (Fsp3) is 0.647. The third-order valence-electron chi connectivity index (χ3n) is 5.03. The van der Waals surface area contributed by atoms with Gasteiger partial charge >= 0.3 is 0 Å². The number of aromatic nitrogens is 1. The number of piperidine rings is 1. The van der Waals surface area contributed by atoms with Gasteiger partial charge in [-0.3, -0.25) is 14.7 Å². The van der Waals surface area contributed by atoms with Gasteiger partial charge < -0.3 is 11.1 Å². The standard InChI is InChI=1S/C17H26N4O/c18-17(7-1-2-8-17)16(22)20-15-5-11-21(12-6-15)13-14-3-9-19-10-4-14/h3-4,9-10,15H,1-2,5-8,11-13,18H2,(H,20,22). The Labute approximate surface area is 132 Å². The van der Waals surface area contributed by atoms with Crippen LogP contribution in [-0.2, 0) is 11.3 Å². The summed E-state index contributed by atoms with van der Waals surface area (Å²) in [5.41, 5.74) is 6.91. The molecule has 1 aromatic rings. The largest absolute Gasteiger partial charge is 0.352 e. The molecule has 22 heavy (non-hydrogen) atoms. The molecule has 1 aromatic heterocycles. The Morgan fingerprint density at radius 3 is 2.55 bits per heavy atom. The Hall–Kier alpha value is -1.46. The van der Waals surface area contributed by atoms with E-state index < -0.39 is 5.54 Å². The minimum Gasteiger partial charge on any atom is -0.352 e. The molecule has 1 saturated heterocycles. The molecule has 0 unspecified atom stereocenters. The first-order valence-electron chi connectivity index (χ1n) is 8.37. The van der Waals surface area contributed by atoms with Gasteiger partial charge in [0.15, 0.2) is 0 Å². The Bertz CT molecular complexity index is 491. The molecule has 120 valence electrons. The lowest BCUT2D eigenvalue weighted by molar-refractivity contribution is -0.127. The van der Waals surface area contributed by atoms with Crippen LogP contribution in [0.2, 0.25) is 0 Å². The maximum atomic E-state index is 12.4. The Kier molecular flexibility index (Phi) is 4.74. The average molecular weight is 302 g/mol. The van der Waals surface area contributed by atoms with Crippen molar-refractivity contribution in [2.75, 3.05) is 13.1 Å². The Morgan fingerprint density at radius 2 is 1.91 bits per heavy atom. The van der Waals surface area contributed by atoms with Crippen molar-refractivity contribution in [2.45, 2.75) is 56.7 Å². The van der Waals surface area contributed by atoms with Crippen molar-refractivity contribution in [1.29, 1.82) is 0 Å². The molecule has 1 saturated carbocycles. The minimum atomic E-state index is -0.603. The lowest BCUT2D eigenvalue weighted by Crippen LogP contribution is -2.56. The molecule has 1 aliphatic heterocycles. The van der Waals surface area contributed by atoms with Crippen molar-refractivity contribution < 1.29 is 4.79 Å². The summed E-state index contributed by atoms with van der Waals surface area (Å²) in [4.78, 5) is 18.8. The monoisotopic (exact) mass is 302 g/mol. The number of likely N-dealkylation sites (tertiary alicyclic amines) is 1. The van der Waals surface area contributed by atoms with Crippen LogP contribution in [0.15, 0.2) is 24.5 Å². The van der Waals surface area contributed by atoms with E-state index in [-0.39, 0.29) is 11.9 Å². The van der Waals surface area contributed by atoms with E-state index in [0.29, 0.717) is 0 Å². The van der Waals surface area contributed by atoms with Crippen LogP contribution in [0.3, 0.4) is 0 Å². The van der Waals surface area contributed by atoms with E-state index in [2.05, 4.69) is 27.3 Å². The molecule has 0 bridgehead atoms. The van der Waals surface area contributed by atoms with Crippen LogP contribution in [0.1, 0.15) is 44.1 Å². The second-order valence-electron chi connectivity index (χ2n) is 6.74. The highest BCUT2D eigenvalue weighted by Gasteiger charge is 2.38. The van der Waals surface area contributed by atoms with Gasteiger partial charge in [-0.25, -0.2) is 0 Å². The Balaban J connectivity index is 1.45. The highest BCUT2D eigenvalue weighted by atomic mass is 16.2. The zero-order valence-electron chi connectivity index (χ0n) is 13.1. The predicted molar refractivity (Wildman–Crippen MR) is 86.1 cm³/mol. The van der Waals surface area contributed by atoms with Gasteiger partial charge in [0.2, 0.25) is 5.91 Å². The zero-order valence-corrected chi connectivity index (χ0v) is 13.1. The third kappa shape index (κ3) is 3.65. The number of nitrogens with one attached hydrogen (secondary N) is 1. The van der Waals surface area contributed by atoms with Gasteiger partial charge in [0.25, 0.3) is 0 Å². The molecule has 2 fully saturated rings. The molecule has 5 heteroatoms. The van der Waals surface area contributed by atoms with Gasteiger partial charge in [0, 0.05) is 38.1 Å². The molecular formula is C17H26N4O. The first-order valence-corrected chi connectivity index (χ1v) is 8.37. The van der Waals surface area contributed by atoms with Crippen LogP contribution in [0.25, 0.3) is 0 Å². The lowest BCUT2D eigenvalue weighted by atomic mass is 9.96. The van der Waals surface area contributed by atoms with Crippen LogP contribution >= 0.6 is 0 Å². The van der Waals surface area contributed by atoms with Crippen LogP contribution in [0, 0.1) is 0 Å². The van der Waals surface area contributed by atoms with Gasteiger partial charge in [0.1, 0.15) is 0 Å². The number of nitrogens with zero attached hydrogens (tertiary/aromatic N) is 2. The van der Waals surface area contributed by atoms with Crippen molar-refractivity contribution in [2.24, 2.45) is 5.73 Å². The van der Waals surface area contributed by atoms with E-state index in [4.69, 9.17) is 5.73 Å². The van der Waals surface area contributed by atoms with Gasteiger partial charge in [-0.1, -0.05) is 12.8 Å². The number of carbonyl (C=O) groups excluding carboxylic acids is 1. The van der Waals surface area contributed by atoms with Crippen LogP contribution < -0.4 is 11.1 Å². The summed E-state index contributed by atoms with van der Waals surface area (Å²) >= 11 is 0. The molecule has 3 N–H and O–H groups in total. The molecular weight excluding hydrogens is 276 g/mol. The predicted octanol–water partition coefficient (Wildman–Crippen LogP) is 1.43. The van der Waals surface area contributed by atoms with Crippen molar-refractivity contribution in [3.8, 4) is 0 Å². The second kappa shape index (κ2) is 6.75. The summed E-state index contributed by atoms with van der Waals surface area (Å²) in [6.07, 6.45) is 9.51. The third-order valence-corrected chi connectivity index (χ3v) is 5.03. The first kappa shape index (κ1) is 15.4. The van der Waals surface area contributed by atoms with Crippen molar-refractivity contribution in [1.82, 2.24) is 15.2 Å². The van der Waals surface area contributed by atoms with E-state index in [1.165, 1.54) is 5.56 Å². The van der Waals surface area contributed by atoms with E-state index in [0.717, 1.165) is 58.2 Å². The van der Waals surface area contributed by atoms with E-state index >= 15 is 0 Å². The SMILES string of the molecule is NC1(C(=O)NC2CCN(Cc3ccncc3)CC2)CCCC1. The van der Waals surface area contributed by atoms with E-state index in [1.807, 2.05) is 12.4 Å². The number of pyridine rings is 1. The summed E-state index contributed by atoms with van der Waals surface area (Å²) in [6.45, 7) is 3.00. The number of hydrogen-bond acceptors (Lipinski definition) is 4. The second-order valence-corrected chi connectivity index (χ2v) is 6.74. The number of rotatable bonds is 4. The quantitative estimate of drug-likeness (QED) is 0.883. The number of carbonyl (C=O) groups is 1. The highest BCUT2D eigenvalue weighted by Crippen LogP contribution is 2.27. The van der Waals surface area contributed by atoms with Crippen molar-refractivity contribution >= 4 is 5.91 Å². The molecule has 0 atom stereocenters. The molecule has 5 nitrogen and oxygen atoms in total. The number of hydrogen-bond donors (Lipinski definition) is 2. The fourth-order valence-corrected chi connectivity index (χ4v) is 3.54. The highest BCUT2D eigenvalue weighted by molar-refractivity contribution is 5.86. The van der Waals surface area contributed by atoms with Crippen molar-refractivity contribution in [3.05, 3.63) is 30.1 Å². The molecule has 2 heterocycles. The topological polar surface area (TPSA) is 71.2 Å². The molecule has 3 rings (SSSR count). The Morgan fingerprint density at radius 1 is 1.27 bits per heavy atom. The molecule has 1 amide bonds. The molecule has 0 radical (unpaired) electrons. The molecule has 0 aromatic carbocycles. The van der Waals surface area contributed by atoms with Gasteiger partial charge in [-0.05, 0) is 43.4 Å². The normalized spacial score (nSPS) is 22.6. The molecule has 0 spiro atoms. The van der Waals surface area contributed by atoms with Crippen LogP contribution in [0.5, 0.6) is 0 Å². The fourth-order valence-electron chi connectivity index (χ4n) is 3.54. The zero-order chi connectivity index (χ0) is 15.4. The average Bonchev–Trinajstić information content (AvgIpc) is 2.98. The summed E-state index contributed by atoms with van der Waals surface area (Å²) in [6, 6.07) is 4.40. The summed E-state index contributed by atoms with van der Waals surface area (Å²) in [5, 5.41) is 3.19. The van der Waals surface area contributed by atoms with E-state index in [9.17, 15) is 4.79 Å².